The van der Waals surface area contributed by atoms with Crippen LogP contribution in [0.3, 0.4) is 0 Å². The van der Waals surface area contributed by atoms with Gasteiger partial charge in [-0.25, -0.2) is 8.42 Å². The fraction of sp³-hybridized carbons (Fsp3) is 0.500. The van der Waals surface area contributed by atoms with Gasteiger partial charge in [-0.3, -0.25) is 9.59 Å². The third kappa shape index (κ3) is 4.85. The van der Waals surface area contributed by atoms with E-state index < -0.39 is 28.3 Å². The van der Waals surface area contributed by atoms with Gasteiger partial charge in [-0.2, -0.15) is 0 Å². The summed E-state index contributed by atoms with van der Waals surface area (Å²) in [6.45, 7) is 0.503. The molecule has 0 aliphatic carbocycles. The molecule has 8 nitrogen and oxygen atoms in total. The van der Waals surface area contributed by atoms with E-state index in [9.17, 15) is 18.0 Å². The van der Waals surface area contributed by atoms with E-state index in [1.165, 1.54) is 0 Å². The maximum absolute atomic E-state index is 11.9. The molecule has 136 valence electrons. The summed E-state index contributed by atoms with van der Waals surface area (Å²) in [4.78, 5) is 23.6. The number of rotatable bonds is 5. The van der Waals surface area contributed by atoms with Crippen molar-refractivity contribution in [2.75, 3.05) is 36.6 Å². The van der Waals surface area contributed by atoms with E-state index in [2.05, 4.69) is 5.32 Å². The van der Waals surface area contributed by atoms with Gasteiger partial charge in [-0.05, 0) is 24.5 Å². The lowest BCUT2D eigenvalue weighted by molar-refractivity contribution is -0.148. The Kier molecular flexibility index (Phi) is 5.12. The lowest BCUT2D eigenvalue weighted by Crippen LogP contribution is -2.22. The summed E-state index contributed by atoms with van der Waals surface area (Å²) < 4.78 is 38.4. The van der Waals surface area contributed by atoms with Crippen molar-refractivity contribution in [3.63, 3.8) is 0 Å². The Bertz CT molecular complexity index is 775. The van der Waals surface area contributed by atoms with E-state index in [1.54, 1.807) is 18.2 Å². The molecule has 1 aromatic carbocycles. The van der Waals surface area contributed by atoms with Gasteiger partial charge in [0.1, 0.15) is 13.2 Å². The van der Waals surface area contributed by atoms with Crippen molar-refractivity contribution in [3.8, 4) is 11.5 Å². The summed E-state index contributed by atoms with van der Waals surface area (Å²) in [5, 5.41) is 2.61. The molecular formula is C16H19NO7S. The van der Waals surface area contributed by atoms with Crippen LogP contribution in [0.25, 0.3) is 0 Å². The highest BCUT2D eigenvalue weighted by Gasteiger charge is 2.30. The largest absolute Gasteiger partial charge is 0.486 e. The molecule has 1 fully saturated rings. The van der Waals surface area contributed by atoms with Crippen LogP contribution in [0.15, 0.2) is 18.2 Å². The number of benzene rings is 1. The van der Waals surface area contributed by atoms with Gasteiger partial charge in [0.25, 0.3) is 5.91 Å². The van der Waals surface area contributed by atoms with E-state index in [0.29, 0.717) is 36.8 Å². The second-order valence-electron chi connectivity index (χ2n) is 6.04. The van der Waals surface area contributed by atoms with Crippen molar-refractivity contribution in [1.29, 1.82) is 0 Å². The molecule has 1 N–H and O–H groups in total. The fourth-order valence-electron chi connectivity index (χ4n) is 2.79. The molecule has 2 heterocycles. The SMILES string of the molecule is O=C(COC(=O)C[C@H]1CCS(=O)(=O)C1)Nc1ccc2c(c1)OCCO2. The molecule has 1 amide bonds. The molecule has 0 aromatic heterocycles. The first-order valence-electron chi connectivity index (χ1n) is 7.97. The molecule has 2 aliphatic heterocycles. The van der Waals surface area contributed by atoms with E-state index in [1.807, 2.05) is 0 Å². The highest BCUT2D eigenvalue weighted by Crippen LogP contribution is 2.32. The molecule has 0 spiro atoms. The molecule has 9 heteroatoms. The zero-order chi connectivity index (χ0) is 17.9. The van der Waals surface area contributed by atoms with Crippen molar-refractivity contribution in [2.45, 2.75) is 12.8 Å². The Morgan fingerprint density at radius 2 is 1.96 bits per heavy atom. The molecule has 3 rings (SSSR count). The Morgan fingerprint density at radius 1 is 1.20 bits per heavy atom. The average molecular weight is 369 g/mol. The van der Waals surface area contributed by atoms with Gasteiger partial charge in [0, 0.05) is 18.2 Å². The van der Waals surface area contributed by atoms with Crippen molar-refractivity contribution >= 4 is 27.4 Å². The summed E-state index contributed by atoms with van der Waals surface area (Å²) in [6.07, 6.45) is 0.470. The van der Waals surface area contributed by atoms with Gasteiger partial charge in [-0.15, -0.1) is 0 Å². The van der Waals surface area contributed by atoms with Crippen molar-refractivity contribution < 1.29 is 32.2 Å². The predicted octanol–water partition coefficient (Wildman–Crippen LogP) is 0.764. The number of hydrogen-bond acceptors (Lipinski definition) is 7. The lowest BCUT2D eigenvalue weighted by atomic mass is 10.1. The molecule has 1 atom stereocenters. The van der Waals surface area contributed by atoms with Crippen LogP contribution in [0.2, 0.25) is 0 Å². The van der Waals surface area contributed by atoms with Gasteiger partial charge in [0.2, 0.25) is 0 Å². The van der Waals surface area contributed by atoms with Crippen LogP contribution in [-0.4, -0.2) is 51.6 Å². The van der Waals surface area contributed by atoms with Crippen LogP contribution in [0.5, 0.6) is 11.5 Å². The van der Waals surface area contributed by atoms with Crippen LogP contribution in [0.1, 0.15) is 12.8 Å². The summed E-state index contributed by atoms with van der Waals surface area (Å²) >= 11 is 0. The number of hydrogen-bond donors (Lipinski definition) is 1. The number of anilines is 1. The Hall–Kier alpha value is -2.29. The van der Waals surface area contributed by atoms with Crippen molar-refractivity contribution in [1.82, 2.24) is 0 Å². The number of amides is 1. The monoisotopic (exact) mass is 369 g/mol. The van der Waals surface area contributed by atoms with Crippen molar-refractivity contribution in [3.05, 3.63) is 18.2 Å². The number of esters is 1. The number of nitrogens with one attached hydrogen (secondary N) is 1. The van der Waals surface area contributed by atoms with Crippen LogP contribution < -0.4 is 14.8 Å². The quantitative estimate of drug-likeness (QED) is 0.764. The molecule has 0 radical (unpaired) electrons. The van der Waals surface area contributed by atoms with Crippen LogP contribution in [0.4, 0.5) is 5.69 Å². The minimum absolute atomic E-state index is 0.00545. The third-order valence-electron chi connectivity index (χ3n) is 3.97. The zero-order valence-corrected chi connectivity index (χ0v) is 14.3. The normalized spacial score (nSPS) is 20.7. The molecule has 1 aromatic rings. The van der Waals surface area contributed by atoms with E-state index in [-0.39, 0.29) is 23.8 Å². The number of carbonyl (C=O) groups is 2. The molecule has 0 saturated carbocycles. The van der Waals surface area contributed by atoms with Crippen LogP contribution >= 0.6 is 0 Å². The first-order valence-corrected chi connectivity index (χ1v) is 9.79. The van der Waals surface area contributed by atoms with Gasteiger partial charge in [0.05, 0.1) is 11.5 Å². The molecular weight excluding hydrogens is 350 g/mol. The Morgan fingerprint density at radius 3 is 2.68 bits per heavy atom. The van der Waals surface area contributed by atoms with Crippen molar-refractivity contribution in [2.24, 2.45) is 5.92 Å². The number of fused-ring (bicyclic) bond motifs is 1. The van der Waals surface area contributed by atoms with E-state index in [0.717, 1.165) is 0 Å². The van der Waals surface area contributed by atoms with E-state index >= 15 is 0 Å². The Balaban J connectivity index is 1.44. The molecule has 0 bridgehead atoms. The number of ether oxygens (including phenoxy) is 3. The molecule has 25 heavy (non-hydrogen) atoms. The maximum Gasteiger partial charge on any atom is 0.306 e. The minimum atomic E-state index is -3.03. The predicted molar refractivity (Wildman–Crippen MR) is 88.4 cm³/mol. The molecule has 2 aliphatic rings. The first-order chi connectivity index (χ1) is 11.9. The highest BCUT2D eigenvalue weighted by molar-refractivity contribution is 7.91. The number of sulfone groups is 1. The molecule has 1 saturated heterocycles. The standard InChI is InChI=1S/C16H19NO7S/c18-15(9-24-16(19)7-11-3-6-25(20,21)10-11)17-12-1-2-13-14(8-12)23-5-4-22-13/h1-2,8,11H,3-7,9-10H2,(H,17,18)/t11-/m1/s1. The maximum atomic E-state index is 11.9. The molecule has 0 unspecified atom stereocenters. The topological polar surface area (TPSA) is 108 Å². The summed E-state index contributed by atoms with van der Waals surface area (Å²) in [5.74, 6) is -0.00588. The second kappa shape index (κ2) is 7.30. The average Bonchev–Trinajstić information content (AvgIpc) is 2.91. The summed E-state index contributed by atoms with van der Waals surface area (Å²) in [5.41, 5.74) is 0.507. The Labute approximate surface area is 145 Å². The second-order valence-corrected chi connectivity index (χ2v) is 8.27. The fourth-order valence-corrected chi connectivity index (χ4v) is 4.65. The van der Waals surface area contributed by atoms with Gasteiger partial charge in [-0.1, -0.05) is 0 Å². The van der Waals surface area contributed by atoms with Crippen LogP contribution in [0, 0.1) is 5.92 Å². The first kappa shape index (κ1) is 17.5. The smallest absolute Gasteiger partial charge is 0.306 e. The minimum Gasteiger partial charge on any atom is -0.486 e. The zero-order valence-electron chi connectivity index (χ0n) is 13.5. The highest BCUT2D eigenvalue weighted by atomic mass is 32.2. The lowest BCUT2D eigenvalue weighted by Gasteiger charge is -2.19. The summed E-state index contributed by atoms with van der Waals surface area (Å²) in [7, 11) is -3.03. The third-order valence-corrected chi connectivity index (χ3v) is 5.81. The number of carbonyl (C=O) groups excluding carboxylic acids is 2. The van der Waals surface area contributed by atoms with Gasteiger partial charge >= 0.3 is 5.97 Å². The summed E-state index contributed by atoms with van der Waals surface area (Å²) in [6, 6.07) is 4.99. The van der Waals surface area contributed by atoms with Crippen LogP contribution in [-0.2, 0) is 24.2 Å². The van der Waals surface area contributed by atoms with Gasteiger partial charge < -0.3 is 19.5 Å². The van der Waals surface area contributed by atoms with E-state index in [4.69, 9.17) is 14.2 Å². The van der Waals surface area contributed by atoms with Gasteiger partial charge in [0.15, 0.2) is 27.9 Å².